The number of phenols is 1. The van der Waals surface area contributed by atoms with Crippen molar-refractivity contribution < 1.29 is 14.3 Å². The van der Waals surface area contributed by atoms with E-state index in [-0.39, 0.29) is 11.6 Å². The smallest absolute Gasteiger partial charge is 0.311 e. The second-order valence-corrected chi connectivity index (χ2v) is 3.75. The highest BCUT2D eigenvalue weighted by molar-refractivity contribution is 6.01. The second kappa shape index (κ2) is 4.29. The number of aromatic hydroxyl groups is 1. The van der Waals surface area contributed by atoms with Gasteiger partial charge in [-0.1, -0.05) is 6.07 Å². The van der Waals surface area contributed by atoms with Gasteiger partial charge in [0.1, 0.15) is 11.5 Å². The van der Waals surface area contributed by atoms with Crippen LogP contribution in [0.5, 0.6) is 5.75 Å². The van der Waals surface area contributed by atoms with Gasteiger partial charge in [0.05, 0.1) is 11.9 Å². The van der Waals surface area contributed by atoms with Gasteiger partial charge in [-0.2, -0.15) is 0 Å². The van der Waals surface area contributed by atoms with Crippen molar-refractivity contribution in [3.8, 4) is 5.75 Å². The molecule has 17 heavy (non-hydrogen) atoms. The first-order chi connectivity index (χ1) is 8.06. The molecule has 2 aromatic rings. The van der Waals surface area contributed by atoms with Gasteiger partial charge in [0.15, 0.2) is 0 Å². The van der Waals surface area contributed by atoms with Gasteiger partial charge in [-0.3, -0.25) is 4.79 Å². The van der Waals surface area contributed by atoms with Crippen LogP contribution in [0.3, 0.4) is 0 Å². The first kappa shape index (κ1) is 11.2. The number of hydrogen-bond donors (Lipinski definition) is 2. The first-order valence-corrected chi connectivity index (χ1v) is 5.09. The molecule has 0 aliphatic rings. The number of nitrogens with one attached hydrogen (secondary N) is 1. The van der Waals surface area contributed by atoms with Crippen LogP contribution in [-0.4, -0.2) is 16.0 Å². The number of aromatic nitrogens is 1. The summed E-state index contributed by atoms with van der Waals surface area (Å²) in [4.78, 5) is 15.5. The quantitative estimate of drug-likeness (QED) is 0.778. The zero-order chi connectivity index (χ0) is 12.4. The third-order valence-electron chi connectivity index (χ3n) is 2.22. The molecule has 0 unspecified atom stereocenters. The lowest BCUT2D eigenvalue weighted by Crippen LogP contribution is -2.12. The van der Waals surface area contributed by atoms with Crippen molar-refractivity contribution >= 4 is 11.6 Å². The summed E-state index contributed by atoms with van der Waals surface area (Å²) in [6.45, 7) is 3.57. The minimum absolute atomic E-state index is 0.00669. The zero-order valence-corrected chi connectivity index (χ0v) is 9.52. The summed E-state index contributed by atoms with van der Waals surface area (Å²) in [6.07, 6.45) is 1.46. The van der Waals surface area contributed by atoms with Crippen LogP contribution in [0.4, 0.5) is 5.69 Å². The molecule has 5 nitrogen and oxygen atoms in total. The molecule has 2 rings (SSSR count). The molecule has 0 aliphatic heterocycles. The molecule has 0 aliphatic carbocycles. The molecule has 0 spiro atoms. The fourth-order valence-electron chi connectivity index (χ4n) is 1.39. The number of nitrogens with zero attached hydrogens (tertiary/aromatic N) is 1. The van der Waals surface area contributed by atoms with Crippen LogP contribution >= 0.6 is 0 Å². The molecule has 0 atom stereocenters. The van der Waals surface area contributed by atoms with Crippen molar-refractivity contribution in [2.45, 2.75) is 13.8 Å². The lowest BCUT2D eigenvalue weighted by molar-refractivity contribution is 0.0988. The largest absolute Gasteiger partial charge is 0.506 e. The molecule has 1 amide bonds. The van der Waals surface area contributed by atoms with E-state index >= 15 is 0 Å². The van der Waals surface area contributed by atoms with Crippen molar-refractivity contribution in [3.63, 3.8) is 0 Å². The highest BCUT2D eigenvalue weighted by Crippen LogP contribution is 2.24. The molecule has 2 N–H and O–H groups in total. The van der Waals surface area contributed by atoms with Gasteiger partial charge in [0, 0.05) is 0 Å². The third kappa shape index (κ3) is 2.44. The SMILES string of the molecule is Cc1ccc(O)c(NC(=O)c2ncc(C)o2)c1. The van der Waals surface area contributed by atoms with E-state index in [0.717, 1.165) is 5.56 Å². The monoisotopic (exact) mass is 232 g/mol. The molecular formula is C12H12N2O3. The fourth-order valence-corrected chi connectivity index (χ4v) is 1.39. The number of phenolic OH excluding ortho intramolecular Hbond substituents is 1. The molecule has 1 aromatic carbocycles. The number of carbonyl (C=O) groups excluding carboxylic acids is 1. The zero-order valence-electron chi connectivity index (χ0n) is 9.52. The molecule has 5 heteroatoms. The summed E-state index contributed by atoms with van der Waals surface area (Å²) in [7, 11) is 0. The average Bonchev–Trinajstić information content (AvgIpc) is 2.70. The molecule has 0 bridgehead atoms. The third-order valence-corrected chi connectivity index (χ3v) is 2.22. The Morgan fingerprint density at radius 2 is 2.18 bits per heavy atom. The van der Waals surface area contributed by atoms with Crippen molar-refractivity contribution in [2.75, 3.05) is 5.32 Å². The number of anilines is 1. The Kier molecular flexibility index (Phi) is 2.82. The van der Waals surface area contributed by atoms with Gasteiger partial charge in [0.25, 0.3) is 5.89 Å². The number of amides is 1. The second-order valence-electron chi connectivity index (χ2n) is 3.75. The van der Waals surface area contributed by atoms with Crippen LogP contribution in [0.25, 0.3) is 0 Å². The molecular weight excluding hydrogens is 220 g/mol. The number of rotatable bonds is 2. The van der Waals surface area contributed by atoms with Crippen molar-refractivity contribution in [1.29, 1.82) is 0 Å². The Bertz CT molecular complexity index is 561. The molecule has 1 heterocycles. The van der Waals surface area contributed by atoms with E-state index in [9.17, 15) is 9.90 Å². The Balaban J connectivity index is 2.21. The predicted octanol–water partition coefficient (Wildman–Crippen LogP) is 2.25. The highest BCUT2D eigenvalue weighted by atomic mass is 16.4. The molecule has 0 saturated heterocycles. The fraction of sp³-hybridized carbons (Fsp3) is 0.167. The summed E-state index contributed by atoms with van der Waals surface area (Å²) in [5.41, 5.74) is 1.27. The maximum atomic E-state index is 11.7. The summed E-state index contributed by atoms with van der Waals surface area (Å²) in [5, 5.41) is 12.1. The van der Waals surface area contributed by atoms with E-state index in [2.05, 4.69) is 10.3 Å². The van der Waals surface area contributed by atoms with Crippen LogP contribution < -0.4 is 5.32 Å². The van der Waals surface area contributed by atoms with Crippen molar-refractivity contribution in [1.82, 2.24) is 4.98 Å². The lowest BCUT2D eigenvalue weighted by Gasteiger charge is -2.05. The standard InChI is InChI=1S/C12H12N2O3/c1-7-3-4-10(15)9(5-7)14-11(16)12-13-6-8(2)17-12/h3-6,15H,1-2H3,(H,14,16). The molecule has 1 aromatic heterocycles. The Labute approximate surface area is 98.1 Å². The van der Waals surface area contributed by atoms with Crippen molar-refractivity contribution in [2.24, 2.45) is 0 Å². The van der Waals surface area contributed by atoms with Gasteiger partial charge in [-0.25, -0.2) is 4.98 Å². The number of hydrogen-bond acceptors (Lipinski definition) is 4. The number of aryl methyl sites for hydroxylation is 2. The minimum atomic E-state index is -0.487. The van der Waals surface area contributed by atoms with Gasteiger partial charge in [-0.15, -0.1) is 0 Å². The lowest BCUT2D eigenvalue weighted by atomic mass is 10.2. The van der Waals surface area contributed by atoms with Crippen LogP contribution in [0.1, 0.15) is 22.0 Å². The van der Waals surface area contributed by atoms with Gasteiger partial charge in [0.2, 0.25) is 0 Å². The maximum absolute atomic E-state index is 11.7. The number of oxazole rings is 1. The normalized spacial score (nSPS) is 10.2. The summed E-state index contributed by atoms with van der Waals surface area (Å²) in [6, 6.07) is 4.94. The minimum Gasteiger partial charge on any atom is -0.506 e. The molecule has 88 valence electrons. The molecule has 0 saturated carbocycles. The Hall–Kier alpha value is -2.30. The van der Waals surface area contributed by atoms with Crippen LogP contribution in [0, 0.1) is 13.8 Å². The predicted molar refractivity (Wildman–Crippen MR) is 62.0 cm³/mol. The van der Waals surface area contributed by atoms with E-state index in [1.807, 2.05) is 6.92 Å². The topological polar surface area (TPSA) is 75.4 Å². The van der Waals surface area contributed by atoms with Crippen LogP contribution in [0.2, 0.25) is 0 Å². The number of benzene rings is 1. The Morgan fingerprint density at radius 3 is 2.82 bits per heavy atom. The highest BCUT2D eigenvalue weighted by Gasteiger charge is 2.13. The summed E-state index contributed by atoms with van der Waals surface area (Å²) >= 11 is 0. The van der Waals surface area contributed by atoms with E-state index in [1.54, 1.807) is 19.1 Å². The van der Waals surface area contributed by atoms with Gasteiger partial charge in [-0.05, 0) is 31.5 Å². The molecule has 0 fully saturated rings. The van der Waals surface area contributed by atoms with E-state index in [1.165, 1.54) is 12.3 Å². The summed E-state index contributed by atoms with van der Waals surface area (Å²) < 4.78 is 5.08. The van der Waals surface area contributed by atoms with Gasteiger partial charge < -0.3 is 14.8 Å². The average molecular weight is 232 g/mol. The van der Waals surface area contributed by atoms with Crippen molar-refractivity contribution in [3.05, 3.63) is 41.6 Å². The van der Waals surface area contributed by atoms with Gasteiger partial charge >= 0.3 is 5.91 Å². The first-order valence-electron chi connectivity index (χ1n) is 5.09. The van der Waals surface area contributed by atoms with Crippen LogP contribution in [-0.2, 0) is 0 Å². The molecule has 0 radical (unpaired) electrons. The summed E-state index contributed by atoms with van der Waals surface area (Å²) in [5.74, 6) is 0.0539. The van der Waals surface area contributed by atoms with Crippen LogP contribution in [0.15, 0.2) is 28.8 Å². The Morgan fingerprint density at radius 1 is 1.41 bits per heavy atom. The maximum Gasteiger partial charge on any atom is 0.311 e. The van der Waals surface area contributed by atoms with E-state index in [4.69, 9.17) is 4.42 Å². The van der Waals surface area contributed by atoms with E-state index < -0.39 is 5.91 Å². The van der Waals surface area contributed by atoms with E-state index in [0.29, 0.717) is 11.4 Å². The number of carbonyl (C=O) groups is 1.